The second-order valence-electron chi connectivity index (χ2n) is 6.05. The highest BCUT2D eigenvalue weighted by Crippen LogP contribution is 2.36. The lowest BCUT2D eigenvalue weighted by Crippen LogP contribution is -2.39. The van der Waals surface area contributed by atoms with E-state index in [2.05, 4.69) is 52.1 Å². The SMILES string of the molecule is Cc1[nH]c2ccccc2c1C(c1cccnc1)N1CCOCC1. The molecule has 3 aromatic rings. The number of morpholine rings is 1. The first-order chi connectivity index (χ1) is 11.3. The van der Waals surface area contributed by atoms with Gasteiger partial charge in [0.05, 0.1) is 19.3 Å². The number of hydrogen-bond donors (Lipinski definition) is 1. The van der Waals surface area contributed by atoms with Crippen molar-refractivity contribution in [3.63, 3.8) is 0 Å². The summed E-state index contributed by atoms with van der Waals surface area (Å²) in [5, 5.41) is 1.30. The Morgan fingerprint density at radius 2 is 1.96 bits per heavy atom. The van der Waals surface area contributed by atoms with E-state index >= 15 is 0 Å². The molecule has 0 radical (unpaired) electrons. The Morgan fingerprint density at radius 1 is 1.13 bits per heavy atom. The number of rotatable bonds is 3. The summed E-state index contributed by atoms with van der Waals surface area (Å²) in [5.41, 5.74) is 5.02. The zero-order valence-electron chi connectivity index (χ0n) is 13.3. The third-order valence-electron chi connectivity index (χ3n) is 4.63. The van der Waals surface area contributed by atoms with E-state index in [9.17, 15) is 0 Å². The van der Waals surface area contributed by atoms with Gasteiger partial charge >= 0.3 is 0 Å². The van der Waals surface area contributed by atoms with Crippen molar-refractivity contribution in [1.82, 2.24) is 14.9 Å². The molecule has 1 N–H and O–H groups in total. The summed E-state index contributed by atoms with van der Waals surface area (Å²) in [6.07, 6.45) is 3.82. The number of benzene rings is 1. The van der Waals surface area contributed by atoms with E-state index in [0.717, 1.165) is 26.3 Å². The van der Waals surface area contributed by atoms with Crippen LogP contribution in [0.25, 0.3) is 10.9 Å². The fourth-order valence-corrected chi connectivity index (χ4v) is 3.58. The minimum absolute atomic E-state index is 0.212. The lowest BCUT2D eigenvalue weighted by atomic mass is 9.95. The predicted octanol–water partition coefficient (Wildman–Crippen LogP) is 3.29. The number of nitrogens with zero attached hydrogens (tertiary/aromatic N) is 2. The van der Waals surface area contributed by atoms with Crippen molar-refractivity contribution < 1.29 is 4.74 Å². The van der Waals surface area contributed by atoms with Crippen molar-refractivity contribution >= 4 is 10.9 Å². The van der Waals surface area contributed by atoms with Crippen LogP contribution >= 0.6 is 0 Å². The van der Waals surface area contributed by atoms with Crippen LogP contribution in [0.5, 0.6) is 0 Å². The third kappa shape index (κ3) is 2.64. The molecule has 1 aliphatic rings. The first-order valence-corrected chi connectivity index (χ1v) is 8.13. The molecule has 1 atom stereocenters. The first-order valence-electron chi connectivity index (χ1n) is 8.13. The molecule has 3 heterocycles. The molecule has 0 spiro atoms. The molecule has 4 rings (SSSR count). The van der Waals surface area contributed by atoms with E-state index < -0.39 is 0 Å². The number of pyridine rings is 1. The summed E-state index contributed by atoms with van der Waals surface area (Å²) in [7, 11) is 0. The fourth-order valence-electron chi connectivity index (χ4n) is 3.58. The van der Waals surface area contributed by atoms with Crippen molar-refractivity contribution in [2.24, 2.45) is 0 Å². The molecule has 2 aromatic heterocycles. The number of hydrogen-bond acceptors (Lipinski definition) is 3. The molecule has 0 aliphatic carbocycles. The molecular formula is C19H21N3O. The molecule has 0 bridgehead atoms. The molecule has 4 nitrogen and oxygen atoms in total. The maximum absolute atomic E-state index is 5.56. The fraction of sp³-hybridized carbons (Fsp3) is 0.316. The van der Waals surface area contributed by atoms with Crippen LogP contribution < -0.4 is 0 Å². The summed E-state index contributed by atoms with van der Waals surface area (Å²) < 4.78 is 5.56. The largest absolute Gasteiger partial charge is 0.379 e. The Bertz CT molecular complexity index is 791. The van der Waals surface area contributed by atoms with Crippen LogP contribution in [0.2, 0.25) is 0 Å². The van der Waals surface area contributed by atoms with Gasteiger partial charge in [-0.25, -0.2) is 0 Å². The molecule has 0 amide bonds. The topological polar surface area (TPSA) is 41.2 Å². The third-order valence-corrected chi connectivity index (χ3v) is 4.63. The van der Waals surface area contributed by atoms with Crippen LogP contribution in [0.15, 0.2) is 48.8 Å². The Balaban J connectivity index is 1.88. The first kappa shape index (κ1) is 14.4. The highest BCUT2D eigenvalue weighted by molar-refractivity contribution is 5.85. The molecule has 1 aromatic carbocycles. The Hall–Kier alpha value is -2.17. The molecule has 1 aliphatic heterocycles. The van der Waals surface area contributed by atoms with Crippen LogP contribution in [-0.2, 0) is 4.74 Å². The smallest absolute Gasteiger partial charge is 0.0642 e. The predicted molar refractivity (Wildman–Crippen MR) is 91.5 cm³/mol. The van der Waals surface area contributed by atoms with E-state index in [4.69, 9.17) is 4.74 Å². The van der Waals surface area contributed by atoms with E-state index in [0.29, 0.717) is 0 Å². The average molecular weight is 307 g/mol. The Kier molecular flexibility index (Phi) is 3.85. The Labute approximate surface area is 136 Å². The Morgan fingerprint density at radius 3 is 2.74 bits per heavy atom. The number of fused-ring (bicyclic) bond motifs is 1. The zero-order valence-corrected chi connectivity index (χ0v) is 13.3. The van der Waals surface area contributed by atoms with Crippen molar-refractivity contribution in [2.45, 2.75) is 13.0 Å². The standard InChI is InChI=1S/C19H21N3O/c1-14-18(16-6-2-3-7-17(16)21-14)19(15-5-4-8-20-13-15)22-9-11-23-12-10-22/h2-8,13,19,21H,9-12H2,1H3. The van der Waals surface area contributed by atoms with Gasteiger partial charge in [-0.1, -0.05) is 24.3 Å². The van der Waals surface area contributed by atoms with Crippen LogP contribution in [-0.4, -0.2) is 41.2 Å². The molecule has 118 valence electrons. The van der Waals surface area contributed by atoms with Gasteiger partial charge in [0, 0.05) is 47.6 Å². The summed E-state index contributed by atoms with van der Waals surface area (Å²) in [5.74, 6) is 0. The molecular weight excluding hydrogens is 286 g/mol. The lowest BCUT2D eigenvalue weighted by Gasteiger charge is -2.35. The van der Waals surface area contributed by atoms with Crippen molar-refractivity contribution in [3.05, 3.63) is 65.6 Å². The molecule has 1 fully saturated rings. The minimum Gasteiger partial charge on any atom is -0.379 e. The molecule has 4 heteroatoms. The van der Waals surface area contributed by atoms with Crippen LogP contribution in [0.3, 0.4) is 0 Å². The molecule has 23 heavy (non-hydrogen) atoms. The number of nitrogens with one attached hydrogen (secondary N) is 1. The van der Waals surface area contributed by atoms with Gasteiger partial charge in [-0.2, -0.15) is 0 Å². The quantitative estimate of drug-likeness (QED) is 0.807. The lowest BCUT2D eigenvalue weighted by molar-refractivity contribution is 0.0240. The van der Waals surface area contributed by atoms with E-state index in [1.165, 1.54) is 27.7 Å². The number of H-pyrrole nitrogens is 1. The molecule has 1 unspecified atom stereocenters. The van der Waals surface area contributed by atoms with Gasteiger partial charge in [0.25, 0.3) is 0 Å². The summed E-state index contributed by atoms with van der Waals surface area (Å²) >= 11 is 0. The van der Waals surface area contributed by atoms with E-state index in [-0.39, 0.29) is 6.04 Å². The summed E-state index contributed by atoms with van der Waals surface area (Å²) in [4.78, 5) is 10.4. The van der Waals surface area contributed by atoms with E-state index in [1.54, 1.807) is 0 Å². The average Bonchev–Trinajstić information content (AvgIpc) is 2.94. The highest BCUT2D eigenvalue weighted by Gasteiger charge is 2.28. The van der Waals surface area contributed by atoms with Crippen LogP contribution in [0.4, 0.5) is 0 Å². The minimum atomic E-state index is 0.212. The monoisotopic (exact) mass is 307 g/mol. The van der Waals surface area contributed by atoms with Crippen molar-refractivity contribution in [1.29, 1.82) is 0 Å². The number of ether oxygens (including phenoxy) is 1. The second kappa shape index (κ2) is 6.14. The maximum atomic E-state index is 5.56. The van der Waals surface area contributed by atoms with Gasteiger partial charge in [-0.05, 0) is 24.6 Å². The molecule has 1 saturated heterocycles. The van der Waals surface area contributed by atoms with E-state index in [1.807, 2.05) is 18.5 Å². The highest BCUT2D eigenvalue weighted by atomic mass is 16.5. The normalized spacial score (nSPS) is 17.4. The van der Waals surface area contributed by atoms with Gasteiger partial charge in [-0.3, -0.25) is 9.88 Å². The van der Waals surface area contributed by atoms with Gasteiger partial charge in [0.2, 0.25) is 0 Å². The van der Waals surface area contributed by atoms with Gasteiger partial charge in [0.1, 0.15) is 0 Å². The maximum Gasteiger partial charge on any atom is 0.0642 e. The summed E-state index contributed by atoms with van der Waals surface area (Å²) in [6.45, 7) is 5.63. The van der Waals surface area contributed by atoms with Crippen molar-refractivity contribution in [3.8, 4) is 0 Å². The number of aromatic nitrogens is 2. The van der Waals surface area contributed by atoms with Gasteiger partial charge in [-0.15, -0.1) is 0 Å². The van der Waals surface area contributed by atoms with Crippen LogP contribution in [0.1, 0.15) is 22.9 Å². The second-order valence-corrected chi connectivity index (χ2v) is 6.05. The van der Waals surface area contributed by atoms with Crippen LogP contribution in [0, 0.1) is 6.92 Å². The number of aromatic amines is 1. The number of aryl methyl sites for hydroxylation is 1. The van der Waals surface area contributed by atoms with Crippen molar-refractivity contribution in [2.75, 3.05) is 26.3 Å². The van der Waals surface area contributed by atoms with Gasteiger partial charge < -0.3 is 9.72 Å². The van der Waals surface area contributed by atoms with Gasteiger partial charge in [0.15, 0.2) is 0 Å². The molecule has 0 saturated carbocycles. The zero-order chi connectivity index (χ0) is 15.6. The summed E-state index contributed by atoms with van der Waals surface area (Å²) in [6, 6.07) is 12.9. The number of para-hydroxylation sites is 1.